The summed E-state index contributed by atoms with van der Waals surface area (Å²) in [5.41, 5.74) is 3.03. The number of rotatable bonds is 7. The average Bonchev–Trinajstić information content (AvgIpc) is 2.74. The Labute approximate surface area is 169 Å². The molecule has 1 amide bonds. The molecule has 0 aliphatic rings. The Bertz CT molecular complexity index is 978. The molecule has 2 aromatic carbocycles. The van der Waals surface area contributed by atoms with E-state index in [4.69, 9.17) is 14.2 Å². The summed E-state index contributed by atoms with van der Waals surface area (Å²) >= 11 is 0. The largest absolute Gasteiger partial charge is 0.493 e. The van der Waals surface area contributed by atoms with Crippen molar-refractivity contribution in [2.75, 3.05) is 32.0 Å². The van der Waals surface area contributed by atoms with Gasteiger partial charge in [0.15, 0.2) is 11.5 Å². The molecule has 2 N–H and O–H groups in total. The Morgan fingerprint density at radius 1 is 0.862 bits per heavy atom. The van der Waals surface area contributed by atoms with E-state index >= 15 is 0 Å². The molecule has 1 heterocycles. The Kier molecular flexibility index (Phi) is 6.19. The lowest BCUT2D eigenvalue weighted by Crippen LogP contribution is -2.12. The maximum Gasteiger partial charge on any atom is 0.255 e. The third-order valence-electron chi connectivity index (χ3n) is 4.27. The predicted octanol–water partition coefficient (Wildman–Crippen LogP) is 4.41. The number of carbonyl (C=O) groups excluding carboxylic acids is 1. The van der Waals surface area contributed by atoms with Crippen LogP contribution in [-0.4, -0.2) is 32.2 Å². The van der Waals surface area contributed by atoms with E-state index in [1.165, 1.54) is 0 Å². The van der Waals surface area contributed by atoms with Gasteiger partial charge in [0.2, 0.25) is 5.75 Å². The van der Waals surface area contributed by atoms with Crippen LogP contribution in [0.25, 0.3) is 0 Å². The maximum atomic E-state index is 12.6. The molecule has 0 aliphatic carbocycles. The number of anilines is 3. The van der Waals surface area contributed by atoms with Crippen molar-refractivity contribution >= 4 is 23.1 Å². The molecule has 0 unspecified atom stereocenters. The summed E-state index contributed by atoms with van der Waals surface area (Å²) in [7, 11) is 4.65. The number of hydrogen-bond acceptors (Lipinski definition) is 6. The van der Waals surface area contributed by atoms with Crippen molar-refractivity contribution in [2.24, 2.45) is 0 Å². The zero-order valence-electron chi connectivity index (χ0n) is 16.8. The lowest BCUT2D eigenvalue weighted by atomic mass is 10.2. The smallest absolute Gasteiger partial charge is 0.255 e. The van der Waals surface area contributed by atoms with Crippen molar-refractivity contribution in [3.63, 3.8) is 0 Å². The fraction of sp³-hybridized carbons (Fsp3) is 0.182. The average molecular weight is 393 g/mol. The molecule has 1 aromatic heterocycles. The molecule has 0 fully saturated rings. The van der Waals surface area contributed by atoms with E-state index in [1.807, 2.05) is 31.2 Å². The van der Waals surface area contributed by atoms with Crippen LogP contribution in [0.15, 0.2) is 54.7 Å². The van der Waals surface area contributed by atoms with E-state index in [0.29, 0.717) is 34.3 Å². The van der Waals surface area contributed by atoms with Gasteiger partial charge in [-0.1, -0.05) is 17.7 Å². The van der Waals surface area contributed by atoms with Crippen LogP contribution in [0.1, 0.15) is 15.9 Å². The van der Waals surface area contributed by atoms with E-state index in [2.05, 4.69) is 15.6 Å². The molecular weight excluding hydrogens is 370 g/mol. The van der Waals surface area contributed by atoms with Gasteiger partial charge >= 0.3 is 0 Å². The molecule has 0 saturated carbocycles. The van der Waals surface area contributed by atoms with Crippen LogP contribution in [0.3, 0.4) is 0 Å². The van der Waals surface area contributed by atoms with Crippen LogP contribution >= 0.6 is 0 Å². The summed E-state index contributed by atoms with van der Waals surface area (Å²) in [5, 5.41) is 6.04. The number of aryl methyl sites for hydroxylation is 1. The monoisotopic (exact) mass is 393 g/mol. The number of benzene rings is 2. The second kappa shape index (κ2) is 8.97. The lowest BCUT2D eigenvalue weighted by Gasteiger charge is -2.15. The van der Waals surface area contributed by atoms with Crippen molar-refractivity contribution in [2.45, 2.75) is 6.92 Å². The van der Waals surface area contributed by atoms with Gasteiger partial charge in [0, 0.05) is 35.3 Å². The topological polar surface area (TPSA) is 81.7 Å². The molecular formula is C22H23N3O4. The molecule has 0 spiro atoms. The van der Waals surface area contributed by atoms with Gasteiger partial charge in [0.25, 0.3) is 5.91 Å². The summed E-state index contributed by atoms with van der Waals surface area (Å²) in [5.74, 6) is 1.82. The highest BCUT2D eigenvalue weighted by molar-refractivity contribution is 6.04. The standard InChI is InChI=1S/C22H23N3O4/c1-14-5-7-16(8-6-14)25-22(26)15-9-10-23-20(11-15)24-17-12-18(27-2)21(29-4)19(13-17)28-3/h5-13H,1-4H3,(H,23,24)(H,25,26). The molecule has 0 bridgehead atoms. The number of amides is 1. The number of aromatic nitrogens is 1. The fourth-order valence-corrected chi connectivity index (χ4v) is 2.78. The second-order valence-electron chi connectivity index (χ2n) is 6.29. The maximum absolute atomic E-state index is 12.6. The van der Waals surface area contributed by atoms with Crippen molar-refractivity contribution in [1.82, 2.24) is 4.98 Å². The molecule has 3 rings (SSSR count). The predicted molar refractivity (Wildman–Crippen MR) is 113 cm³/mol. The first kappa shape index (κ1) is 20.0. The van der Waals surface area contributed by atoms with E-state index in [9.17, 15) is 4.79 Å². The third-order valence-corrected chi connectivity index (χ3v) is 4.27. The number of carbonyl (C=O) groups is 1. The van der Waals surface area contributed by atoms with Gasteiger partial charge in [0.05, 0.1) is 21.3 Å². The van der Waals surface area contributed by atoms with E-state index in [-0.39, 0.29) is 5.91 Å². The summed E-state index contributed by atoms with van der Waals surface area (Å²) in [4.78, 5) is 16.9. The molecule has 29 heavy (non-hydrogen) atoms. The third kappa shape index (κ3) is 4.76. The Morgan fingerprint density at radius 3 is 2.10 bits per heavy atom. The first-order chi connectivity index (χ1) is 14.0. The van der Waals surface area contributed by atoms with Crippen LogP contribution in [0.2, 0.25) is 0 Å². The van der Waals surface area contributed by atoms with Crippen LogP contribution in [-0.2, 0) is 0 Å². The highest BCUT2D eigenvalue weighted by Gasteiger charge is 2.14. The number of methoxy groups -OCH3 is 3. The molecule has 0 aliphatic heterocycles. The van der Waals surface area contributed by atoms with Crippen molar-refractivity contribution < 1.29 is 19.0 Å². The van der Waals surface area contributed by atoms with Gasteiger partial charge in [-0.05, 0) is 31.2 Å². The van der Waals surface area contributed by atoms with Crippen molar-refractivity contribution in [3.05, 3.63) is 65.9 Å². The van der Waals surface area contributed by atoms with Gasteiger partial charge in [-0.2, -0.15) is 0 Å². The minimum Gasteiger partial charge on any atom is -0.493 e. The van der Waals surface area contributed by atoms with Crippen molar-refractivity contribution in [1.29, 1.82) is 0 Å². The number of pyridine rings is 1. The molecule has 7 nitrogen and oxygen atoms in total. The van der Waals surface area contributed by atoms with Crippen LogP contribution < -0.4 is 24.8 Å². The first-order valence-corrected chi connectivity index (χ1v) is 8.95. The molecule has 0 atom stereocenters. The zero-order chi connectivity index (χ0) is 20.8. The normalized spacial score (nSPS) is 10.2. The van der Waals surface area contributed by atoms with Crippen LogP contribution in [0, 0.1) is 6.92 Å². The fourth-order valence-electron chi connectivity index (χ4n) is 2.78. The van der Waals surface area contributed by atoms with Crippen LogP contribution in [0.4, 0.5) is 17.2 Å². The molecule has 7 heteroatoms. The highest BCUT2D eigenvalue weighted by Crippen LogP contribution is 2.40. The summed E-state index contributed by atoms with van der Waals surface area (Å²) in [6.45, 7) is 2.00. The first-order valence-electron chi connectivity index (χ1n) is 8.95. The minimum absolute atomic E-state index is 0.218. The number of hydrogen-bond donors (Lipinski definition) is 2. The number of ether oxygens (including phenoxy) is 3. The summed E-state index contributed by atoms with van der Waals surface area (Å²) in [6, 6.07) is 14.5. The Balaban J connectivity index is 1.81. The minimum atomic E-state index is -0.218. The van der Waals surface area contributed by atoms with E-state index in [1.54, 1.807) is 51.8 Å². The SMILES string of the molecule is COc1cc(Nc2cc(C(=O)Nc3ccc(C)cc3)ccn2)cc(OC)c1OC. The Morgan fingerprint density at radius 2 is 1.52 bits per heavy atom. The van der Waals surface area contributed by atoms with Gasteiger partial charge in [-0.25, -0.2) is 4.98 Å². The number of nitrogens with one attached hydrogen (secondary N) is 2. The summed E-state index contributed by atoms with van der Waals surface area (Å²) < 4.78 is 16.1. The molecule has 0 radical (unpaired) electrons. The second-order valence-corrected chi connectivity index (χ2v) is 6.29. The molecule has 150 valence electrons. The van der Waals surface area contributed by atoms with Gasteiger partial charge < -0.3 is 24.8 Å². The van der Waals surface area contributed by atoms with E-state index < -0.39 is 0 Å². The zero-order valence-corrected chi connectivity index (χ0v) is 16.8. The summed E-state index contributed by atoms with van der Waals surface area (Å²) in [6.07, 6.45) is 1.57. The quantitative estimate of drug-likeness (QED) is 0.619. The van der Waals surface area contributed by atoms with Gasteiger partial charge in [0.1, 0.15) is 5.82 Å². The van der Waals surface area contributed by atoms with Gasteiger partial charge in [-0.3, -0.25) is 4.79 Å². The number of nitrogens with zero attached hydrogens (tertiary/aromatic N) is 1. The van der Waals surface area contributed by atoms with Crippen molar-refractivity contribution in [3.8, 4) is 17.2 Å². The highest BCUT2D eigenvalue weighted by atomic mass is 16.5. The van der Waals surface area contributed by atoms with E-state index in [0.717, 1.165) is 11.3 Å². The Hall–Kier alpha value is -3.74. The van der Waals surface area contributed by atoms with Gasteiger partial charge in [-0.15, -0.1) is 0 Å². The molecule has 0 saturated heterocycles. The lowest BCUT2D eigenvalue weighted by molar-refractivity contribution is 0.102. The molecule has 3 aromatic rings. The van der Waals surface area contributed by atoms with Crippen LogP contribution in [0.5, 0.6) is 17.2 Å².